The monoisotopic (exact) mass is 452 g/mol. The summed E-state index contributed by atoms with van der Waals surface area (Å²) in [4.78, 5) is 35.6. The van der Waals surface area contributed by atoms with Gasteiger partial charge in [0, 0.05) is 49.5 Å². The highest BCUT2D eigenvalue weighted by molar-refractivity contribution is 5.85. The quantitative estimate of drug-likeness (QED) is 0.559. The summed E-state index contributed by atoms with van der Waals surface area (Å²) in [6, 6.07) is 7.41. The summed E-state index contributed by atoms with van der Waals surface area (Å²) in [5, 5.41) is 6.67. The van der Waals surface area contributed by atoms with Gasteiger partial charge >= 0.3 is 0 Å². The molecule has 0 radical (unpaired) electrons. The Kier molecular flexibility index (Phi) is 6.74. The molecule has 0 spiro atoms. The Morgan fingerprint density at radius 1 is 1.24 bits per heavy atom. The fraction of sp³-hybridized carbons (Fsp3) is 0.391. The maximum Gasteiger partial charge on any atom is 0.293 e. The predicted molar refractivity (Wildman–Crippen MR) is 127 cm³/mol. The predicted octanol–water partition coefficient (Wildman–Crippen LogP) is 1.82. The van der Waals surface area contributed by atoms with E-state index in [1.54, 1.807) is 16.8 Å². The van der Waals surface area contributed by atoms with Crippen LogP contribution in [-0.4, -0.2) is 60.4 Å². The maximum atomic E-state index is 12.8. The number of hydrogen-bond acceptors (Lipinski definition) is 8. The molecule has 10 nitrogen and oxygen atoms in total. The molecule has 0 bridgehead atoms. The highest BCUT2D eigenvalue weighted by Gasteiger charge is 2.16. The number of likely N-dealkylation sites (N-methyl/N-ethyl adjacent to an activating group) is 1. The Hall–Kier alpha value is -3.66. The smallest absolute Gasteiger partial charge is 0.293 e. The van der Waals surface area contributed by atoms with Gasteiger partial charge in [-0.05, 0) is 38.1 Å². The molecule has 1 fully saturated rings. The highest BCUT2D eigenvalue weighted by Crippen LogP contribution is 2.25. The van der Waals surface area contributed by atoms with E-state index in [2.05, 4.69) is 20.5 Å². The summed E-state index contributed by atoms with van der Waals surface area (Å²) < 4.78 is 12.5. The van der Waals surface area contributed by atoms with Crippen LogP contribution >= 0.6 is 0 Å². The van der Waals surface area contributed by atoms with E-state index in [0.717, 1.165) is 35.2 Å². The van der Waals surface area contributed by atoms with Crippen LogP contribution in [0.2, 0.25) is 0 Å². The molecule has 1 aromatic carbocycles. The van der Waals surface area contributed by atoms with E-state index in [1.807, 2.05) is 32.0 Å². The van der Waals surface area contributed by atoms with Crippen molar-refractivity contribution in [3.05, 3.63) is 46.4 Å². The first-order valence-electron chi connectivity index (χ1n) is 10.9. The first-order valence-corrected chi connectivity index (χ1v) is 10.9. The summed E-state index contributed by atoms with van der Waals surface area (Å²) in [5.41, 5.74) is 2.25. The number of morpholine rings is 1. The zero-order valence-corrected chi connectivity index (χ0v) is 19.1. The number of nitrogens with zero attached hydrogens (tertiary/aromatic N) is 4. The summed E-state index contributed by atoms with van der Waals surface area (Å²) in [5.74, 6) is 1.21. The molecule has 0 aliphatic carbocycles. The van der Waals surface area contributed by atoms with Gasteiger partial charge in [-0.25, -0.2) is 4.98 Å². The number of amides is 1. The molecule has 3 heterocycles. The second kappa shape index (κ2) is 9.86. The summed E-state index contributed by atoms with van der Waals surface area (Å²) >= 11 is 0. The molecular weight excluding hydrogens is 424 g/mol. The number of fused-ring (bicyclic) bond motifs is 1. The number of hydrogen-bond donors (Lipinski definition) is 2. The molecule has 0 saturated carbocycles. The second-order valence-electron chi connectivity index (χ2n) is 7.72. The van der Waals surface area contributed by atoms with Crippen molar-refractivity contribution in [3.8, 4) is 5.75 Å². The van der Waals surface area contributed by atoms with Crippen LogP contribution in [0.1, 0.15) is 12.5 Å². The molecular formula is C23H28N6O4. The molecule has 0 unspecified atom stereocenters. The number of anilines is 3. The molecule has 1 aliphatic heterocycles. The first-order chi connectivity index (χ1) is 16.0. The van der Waals surface area contributed by atoms with Gasteiger partial charge in [-0.1, -0.05) is 0 Å². The van der Waals surface area contributed by atoms with Crippen LogP contribution in [0.3, 0.4) is 0 Å². The molecule has 0 atom stereocenters. The fourth-order valence-electron chi connectivity index (χ4n) is 3.68. The number of aromatic nitrogens is 3. The topological polar surface area (TPSA) is 111 Å². The van der Waals surface area contributed by atoms with Gasteiger partial charge < -0.3 is 29.6 Å². The summed E-state index contributed by atoms with van der Waals surface area (Å²) in [6.45, 7) is 6.94. The minimum Gasteiger partial charge on any atom is -0.478 e. The standard InChI is InChI=1S/C23H28N6O4/c1-4-29-18-6-5-17(11-16(18)12-19(22(29)31)33-14-20(30)24-3)26-21-15(2)13-25-23(27-21)28-7-9-32-10-8-28/h5-6,11-13H,4,7-10,14H2,1-3H3,(H,24,30)(H,25,26,27). The maximum absolute atomic E-state index is 12.8. The average Bonchev–Trinajstić information content (AvgIpc) is 2.84. The van der Waals surface area contributed by atoms with Gasteiger partial charge in [0.1, 0.15) is 5.82 Å². The molecule has 4 rings (SSSR count). The number of rotatable bonds is 7. The van der Waals surface area contributed by atoms with Gasteiger partial charge in [-0.3, -0.25) is 9.59 Å². The zero-order chi connectivity index (χ0) is 23.4. The highest BCUT2D eigenvalue weighted by atomic mass is 16.5. The normalized spacial score (nSPS) is 13.7. The lowest BCUT2D eigenvalue weighted by molar-refractivity contribution is -0.122. The van der Waals surface area contributed by atoms with Crippen LogP contribution in [0.5, 0.6) is 5.75 Å². The number of benzene rings is 1. The molecule has 1 amide bonds. The zero-order valence-electron chi connectivity index (χ0n) is 19.1. The minimum absolute atomic E-state index is 0.137. The Morgan fingerprint density at radius 2 is 2.03 bits per heavy atom. The number of nitrogens with one attached hydrogen (secondary N) is 2. The minimum atomic E-state index is -0.303. The van der Waals surface area contributed by atoms with Crippen molar-refractivity contribution in [2.24, 2.45) is 0 Å². The first kappa shape index (κ1) is 22.5. The van der Waals surface area contributed by atoms with Gasteiger partial charge in [-0.2, -0.15) is 4.98 Å². The number of ether oxygens (including phenoxy) is 2. The summed E-state index contributed by atoms with van der Waals surface area (Å²) in [7, 11) is 1.52. The SMILES string of the molecule is CCn1c(=O)c(OCC(=O)NC)cc2cc(Nc3nc(N4CCOCC4)ncc3C)ccc21. The molecule has 174 valence electrons. The van der Waals surface area contributed by atoms with Crippen LogP contribution in [-0.2, 0) is 16.1 Å². The third kappa shape index (κ3) is 4.90. The molecule has 1 saturated heterocycles. The van der Waals surface area contributed by atoms with Gasteiger partial charge in [0.25, 0.3) is 11.5 Å². The average molecular weight is 453 g/mol. The Bertz CT molecular complexity index is 1220. The van der Waals surface area contributed by atoms with E-state index < -0.39 is 0 Å². The Labute approximate surface area is 191 Å². The Morgan fingerprint density at radius 3 is 2.76 bits per heavy atom. The van der Waals surface area contributed by atoms with Crippen molar-refractivity contribution in [2.45, 2.75) is 20.4 Å². The van der Waals surface area contributed by atoms with Crippen LogP contribution in [0, 0.1) is 6.92 Å². The molecule has 10 heteroatoms. The second-order valence-corrected chi connectivity index (χ2v) is 7.72. The van der Waals surface area contributed by atoms with E-state index in [-0.39, 0.29) is 23.8 Å². The molecule has 3 aromatic rings. The lowest BCUT2D eigenvalue weighted by Crippen LogP contribution is -2.37. The third-order valence-electron chi connectivity index (χ3n) is 5.53. The van der Waals surface area contributed by atoms with E-state index in [9.17, 15) is 9.59 Å². The number of aryl methyl sites for hydroxylation is 2. The van der Waals surface area contributed by atoms with Crippen LogP contribution in [0.4, 0.5) is 17.5 Å². The molecule has 1 aliphatic rings. The van der Waals surface area contributed by atoms with Crippen molar-refractivity contribution in [2.75, 3.05) is 50.2 Å². The van der Waals surface area contributed by atoms with E-state index in [1.165, 1.54) is 7.05 Å². The lowest BCUT2D eigenvalue weighted by atomic mass is 10.1. The van der Waals surface area contributed by atoms with Gasteiger partial charge in [0.15, 0.2) is 12.4 Å². The largest absolute Gasteiger partial charge is 0.478 e. The van der Waals surface area contributed by atoms with Crippen LogP contribution < -0.4 is 25.8 Å². The number of carbonyl (C=O) groups excluding carboxylic acids is 1. The number of carbonyl (C=O) groups is 1. The molecule has 2 N–H and O–H groups in total. The van der Waals surface area contributed by atoms with Gasteiger partial charge in [0.2, 0.25) is 5.95 Å². The van der Waals surface area contributed by atoms with Crippen LogP contribution in [0.25, 0.3) is 10.9 Å². The van der Waals surface area contributed by atoms with E-state index in [0.29, 0.717) is 31.5 Å². The van der Waals surface area contributed by atoms with E-state index >= 15 is 0 Å². The lowest BCUT2D eigenvalue weighted by Gasteiger charge is -2.27. The van der Waals surface area contributed by atoms with E-state index in [4.69, 9.17) is 14.5 Å². The molecule has 2 aromatic heterocycles. The van der Waals surface area contributed by atoms with Crippen molar-refractivity contribution in [3.63, 3.8) is 0 Å². The van der Waals surface area contributed by atoms with Gasteiger partial charge in [-0.15, -0.1) is 0 Å². The fourth-order valence-corrected chi connectivity index (χ4v) is 3.68. The van der Waals surface area contributed by atoms with Crippen molar-refractivity contribution in [1.29, 1.82) is 0 Å². The van der Waals surface area contributed by atoms with Crippen molar-refractivity contribution in [1.82, 2.24) is 19.9 Å². The Balaban J connectivity index is 1.65. The summed E-state index contributed by atoms with van der Waals surface area (Å²) in [6.07, 6.45) is 1.81. The van der Waals surface area contributed by atoms with Crippen molar-refractivity contribution < 1.29 is 14.3 Å². The van der Waals surface area contributed by atoms with Crippen LogP contribution in [0.15, 0.2) is 35.3 Å². The van der Waals surface area contributed by atoms with Crippen molar-refractivity contribution >= 4 is 34.3 Å². The third-order valence-corrected chi connectivity index (χ3v) is 5.53. The number of pyridine rings is 1. The van der Waals surface area contributed by atoms with Gasteiger partial charge in [0.05, 0.1) is 18.7 Å². The molecule has 33 heavy (non-hydrogen) atoms.